The van der Waals surface area contributed by atoms with Gasteiger partial charge in [0.05, 0.1) is 0 Å². The molecule has 208 valence electrons. The highest BCUT2D eigenvalue weighted by atomic mass is 35.5. The smallest absolute Gasteiger partial charge is 0.352 e. The number of halogens is 2. The summed E-state index contributed by atoms with van der Waals surface area (Å²) in [6.45, 7) is 5.83. The minimum atomic E-state index is -1.26. The Balaban J connectivity index is 1.65. The number of carbonyl (C=O) groups is 3. The molecule has 8 nitrogen and oxygen atoms in total. The lowest BCUT2D eigenvalue weighted by atomic mass is 9.98. The summed E-state index contributed by atoms with van der Waals surface area (Å²) in [6, 6.07) is 18.1. The number of benzene rings is 3. The van der Waals surface area contributed by atoms with E-state index in [1.165, 1.54) is 4.90 Å². The zero-order chi connectivity index (χ0) is 29.0. The van der Waals surface area contributed by atoms with Crippen LogP contribution in [0.2, 0.25) is 10.0 Å². The fourth-order valence-electron chi connectivity index (χ4n) is 4.37. The number of ether oxygens (including phenoxy) is 1. The Morgan fingerprint density at radius 3 is 2.23 bits per heavy atom. The molecule has 0 aliphatic heterocycles. The van der Waals surface area contributed by atoms with E-state index in [9.17, 15) is 19.5 Å². The first-order valence-corrected chi connectivity index (χ1v) is 13.2. The molecule has 0 radical (unpaired) electrons. The fourth-order valence-corrected chi connectivity index (χ4v) is 4.67. The van der Waals surface area contributed by atoms with Gasteiger partial charge >= 0.3 is 5.97 Å². The van der Waals surface area contributed by atoms with Crippen LogP contribution in [0.4, 0.5) is 0 Å². The highest BCUT2D eigenvalue weighted by Gasteiger charge is 2.35. The number of aromatic carboxylic acids is 1. The zero-order valence-electron chi connectivity index (χ0n) is 22.2. The lowest BCUT2D eigenvalue weighted by Gasteiger charge is -2.31. The molecule has 1 atom stereocenters. The number of carboxylic acid groups (broad SMARTS) is 1. The zero-order valence-corrected chi connectivity index (χ0v) is 23.7. The van der Waals surface area contributed by atoms with E-state index in [0.717, 1.165) is 11.1 Å². The van der Waals surface area contributed by atoms with E-state index in [2.05, 4.69) is 10.3 Å². The number of aromatic nitrogens is 1. The Hall–Kier alpha value is -4.01. The van der Waals surface area contributed by atoms with Crippen LogP contribution in [0.1, 0.15) is 54.0 Å². The van der Waals surface area contributed by atoms with Crippen LogP contribution < -0.4 is 10.1 Å². The summed E-state index contributed by atoms with van der Waals surface area (Å²) in [5.74, 6) is -1.15. The van der Waals surface area contributed by atoms with Crippen molar-refractivity contribution in [3.63, 3.8) is 0 Å². The summed E-state index contributed by atoms with van der Waals surface area (Å²) in [5.41, 5.74) is 1.48. The number of H-pyrrole nitrogens is 1. The first-order chi connectivity index (χ1) is 18.9. The number of nitrogens with one attached hydrogen (secondary N) is 2. The molecule has 4 rings (SSSR count). The Morgan fingerprint density at radius 2 is 1.62 bits per heavy atom. The summed E-state index contributed by atoms with van der Waals surface area (Å²) in [6.07, 6.45) is 0.554. The third-order valence-electron chi connectivity index (χ3n) is 6.11. The van der Waals surface area contributed by atoms with Crippen LogP contribution in [0.25, 0.3) is 10.9 Å². The number of carboxylic acids is 1. The van der Waals surface area contributed by atoms with Gasteiger partial charge in [-0.25, -0.2) is 4.79 Å². The van der Waals surface area contributed by atoms with Gasteiger partial charge in [-0.3, -0.25) is 9.59 Å². The third kappa shape index (κ3) is 6.94. The largest absolute Gasteiger partial charge is 0.489 e. The van der Waals surface area contributed by atoms with Gasteiger partial charge in [0, 0.05) is 38.6 Å². The van der Waals surface area contributed by atoms with Crippen LogP contribution in [0, 0.1) is 0 Å². The van der Waals surface area contributed by atoms with Crippen LogP contribution in [0.3, 0.4) is 0 Å². The quantitative estimate of drug-likeness (QED) is 0.188. The van der Waals surface area contributed by atoms with Gasteiger partial charge in [-0.1, -0.05) is 53.5 Å². The van der Waals surface area contributed by atoms with Crippen LogP contribution in [-0.4, -0.2) is 38.8 Å². The summed E-state index contributed by atoms with van der Waals surface area (Å²) in [5, 5.41) is 14.4. The Labute approximate surface area is 241 Å². The summed E-state index contributed by atoms with van der Waals surface area (Å²) in [7, 11) is 0. The van der Waals surface area contributed by atoms with E-state index in [0.29, 0.717) is 39.7 Å². The van der Waals surface area contributed by atoms with E-state index in [1.807, 2.05) is 32.9 Å². The minimum Gasteiger partial charge on any atom is -0.489 e. The molecular weight excluding hydrogens is 553 g/mol. The molecule has 2 amide bonds. The lowest BCUT2D eigenvalue weighted by Crippen LogP contribution is -2.47. The van der Waals surface area contributed by atoms with Crippen molar-refractivity contribution < 1.29 is 24.2 Å². The highest BCUT2D eigenvalue weighted by molar-refractivity contribution is 6.31. The molecule has 1 aromatic heterocycles. The van der Waals surface area contributed by atoms with E-state index < -0.39 is 23.5 Å². The number of fused-ring (bicyclic) bond motifs is 1. The van der Waals surface area contributed by atoms with E-state index >= 15 is 0 Å². The number of rotatable bonds is 10. The normalized spacial score (nSPS) is 12.1. The molecule has 40 heavy (non-hydrogen) atoms. The van der Waals surface area contributed by atoms with Gasteiger partial charge < -0.3 is 25.0 Å². The van der Waals surface area contributed by atoms with Crippen LogP contribution >= 0.6 is 23.2 Å². The Kier molecular flexibility index (Phi) is 8.71. The van der Waals surface area contributed by atoms with Crippen molar-refractivity contribution in [2.45, 2.75) is 45.5 Å². The predicted octanol–water partition coefficient (Wildman–Crippen LogP) is 6.37. The second kappa shape index (κ2) is 12.0. The second-order valence-corrected chi connectivity index (χ2v) is 11.3. The van der Waals surface area contributed by atoms with Crippen molar-refractivity contribution in [2.75, 3.05) is 0 Å². The second-order valence-electron chi connectivity index (χ2n) is 10.4. The molecule has 0 saturated heterocycles. The van der Waals surface area contributed by atoms with Crippen LogP contribution in [0.15, 0.2) is 66.7 Å². The summed E-state index contributed by atoms with van der Waals surface area (Å²) in [4.78, 5) is 42.5. The number of hydrogen-bond donors (Lipinski definition) is 3. The average Bonchev–Trinajstić information content (AvgIpc) is 3.26. The van der Waals surface area contributed by atoms with E-state index in [4.69, 9.17) is 27.9 Å². The van der Waals surface area contributed by atoms with Crippen molar-refractivity contribution in [2.24, 2.45) is 0 Å². The number of hydrogen-bond acceptors (Lipinski definition) is 4. The molecule has 0 fully saturated rings. The van der Waals surface area contributed by atoms with Crippen LogP contribution in [-0.2, 0) is 22.7 Å². The SMILES string of the molecule is CC(C)(C)NC(=O)[C@@H](c1c(C(=O)O)[nH]c2cc(Cl)ccc12)N(C=O)Cc1ccc(OCc2ccc(Cl)cc2)cc1. The molecule has 0 bridgehead atoms. The average molecular weight is 582 g/mol. The van der Waals surface area contributed by atoms with Crippen molar-refractivity contribution in [1.82, 2.24) is 15.2 Å². The molecule has 0 saturated carbocycles. The van der Waals surface area contributed by atoms with Crippen molar-refractivity contribution in [3.8, 4) is 5.75 Å². The Bertz CT molecular complexity index is 1530. The van der Waals surface area contributed by atoms with Crippen LogP contribution in [0.5, 0.6) is 5.75 Å². The van der Waals surface area contributed by atoms with Gasteiger partial charge in [-0.05, 0) is 68.3 Å². The number of nitrogens with zero attached hydrogens (tertiary/aromatic N) is 1. The molecule has 0 unspecified atom stereocenters. The van der Waals surface area contributed by atoms with Crippen molar-refractivity contribution >= 4 is 52.4 Å². The van der Waals surface area contributed by atoms with E-state index in [-0.39, 0.29) is 17.8 Å². The predicted molar refractivity (Wildman–Crippen MR) is 155 cm³/mol. The van der Waals surface area contributed by atoms with Gasteiger partial charge in [-0.15, -0.1) is 0 Å². The monoisotopic (exact) mass is 581 g/mol. The van der Waals surface area contributed by atoms with Crippen molar-refractivity contribution in [1.29, 1.82) is 0 Å². The summed E-state index contributed by atoms with van der Waals surface area (Å²) < 4.78 is 5.85. The molecule has 4 aromatic rings. The maximum Gasteiger partial charge on any atom is 0.352 e. The number of amides is 2. The molecule has 3 N–H and O–H groups in total. The molecule has 0 aliphatic carbocycles. The lowest BCUT2D eigenvalue weighted by molar-refractivity contribution is -0.134. The van der Waals surface area contributed by atoms with Crippen molar-refractivity contribution in [3.05, 3.63) is 99.2 Å². The number of aromatic amines is 1. The fraction of sp³-hybridized carbons (Fsp3) is 0.233. The van der Waals surface area contributed by atoms with Gasteiger partial charge in [0.1, 0.15) is 24.1 Å². The van der Waals surface area contributed by atoms with E-state index in [1.54, 1.807) is 54.6 Å². The molecule has 3 aromatic carbocycles. The molecule has 10 heteroatoms. The highest BCUT2D eigenvalue weighted by Crippen LogP contribution is 2.34. The Morgan fingerprint density at radius 1 is 1.00 bits per heavy atom. The van der Waals surface area contributed by atoms with Gasteiger partial charge in [0.2, 0.25) is 12.3 Å². The molecule has 1 heterocycles. The molecule has 0 spiro atoms. The maximum absolute atomic E-state index is 13.7. The topological polar surface area (TPSA) is 112 Å². The third-order valence-corrected chi connectivity index (χ3v) is 6.60. The standard InChI is InChI=1S/C30H29Cl2N3O5/c1-30(2,3)34-28(37)27(25-23-13-10-21(32)14-24(23)33-26(25)29(38)39)35(17-36)15-18-6-11-22(12-7-18)40-16-19-4-8-20(31)9-5-19/h4-14,17,27,33H,15-16H2,1-3H3,(H,34,37)(H,38,39)/t27-/m1/s1. The first kappa shape index (κ1) is 29.0. The molecular formula is C30H29Cl2N3O5. The number of carbonyl (C=O) groups excluding carboxylic acids is 2. The maximum atomic E-state index is 13.7. The first-order valence-electron chi connectivity index (χ1n) is 12.5. The van der Waals surface area contributed by atoms with Gasteiger partial charge in [-0.2, -0.15) is 0 Å². The van der Waals surface area contributed by atoms with Gasteiger partial charge in [0.15, 0.2) is 0 Å². The minimum absolute atomic E-state index is 0.0442. The molecule has 0 aliphatic rings. The van der Waals surface area contributed by atoms with Gasteiger partial charge in [0.25, 0.3) is 0 Å². The summed E-state index contributed by atoms with van der Waals surface area (Å²) >= 11 is 12.1.